The fourth-order valence-electron chi connectivity index (χ4n) is 2.85. The first-order valence-corrected chi connectivity index (χ1v) is 8.34. The van der Waals surface area contributed by atoms with Gasteiger partial charge in [-0.3, -0.25) is 4.57 Å². The molecule has 116 valence electrons. The third-order valence-electron chi connectivity index (χ3n) is 4.21. The molecule has 3 nitrogen and oxygen atoms in total. The molecule has 1 aromatic heterocycles. The molecule has 4 rings (SSSR count). The lowest BCUT2D eigenvalue weighted by Crippen LogP contribution is -2.25. The third-order valence-corrected chi connectivity index (χ3v) is 4.77. The molecule has 3 aromatic rings. The summed E-state index contributed by atoms with van der Waals surface area (Å²) in [5.74, 6) is 0.583. The number of hydrogen-bond acceptors (Lipinski definition) is 2. The van der Waals surface area contributed by atoms with Gasteiger partial charge < -0.3 is 0 Å². The molecule has 0 N–H and O–H groups in total. The first kappa shape index (κ1) is 14.7. The molecule has 1 aliphatic rings. The Morgan fingerprint density at radius 1 is 1.13 bits per heavy atom. The summed E-state index contributed by atoms with van der Waals surface area (Å²) in [6, 6.07) is 13.0. The van der Waals surface area contributed by atoms with Crippen molar-refractivity contribution in [3.8, 4) is 11.3 Å². The van der Waals surface area contributed by atoms with Crippen molar-refractivity contribution in [2.45, 2.75) is 19.4 Å². The maximum Gasteiger partial charge on any atom is 0.348 e. The van der Waals surface area contributed by atoms with Crippen molar-refractivity contribution in [2.24, 2.45) is 5.92 Å². The summed E-state index contributed by atoms with van der Waals surface area (Å²) in [7, 11) is 0. The van der Waals surface area contributed by atoms with Gasteiger partial charge in [-0.1, -0.05) is 41.4 Å². The van der Waals surface area contributed by atoms with E-state index in [1.54, 1.807) is 10.6 Å². The topological polar surface area (TPSA) is 34.9 Å². The van der Waals surface area contributed by atoms with Crippen LogP contribution < -0.4 is 5.69 Å². The molecule has 1 saturated carbocycles. The Hall–Kier alpha value is -1.84. The number of halogens is 2. The maximum atomic E-state index is 12.6. The lowest BCUT2D eigenvalue weighted by atomic mass is 10.1. The minimum absolute atomic E-state index is 0.235. The van der Waals surface area contributed by atoms with Crippen LogP contribution in [-0.4, -0.2) is 9.55 Å². The molecular formula is C18H14Cl2N2O. The van der Waals surface area contributed by atoms with Crippen LogP contribution in [0.25, 0.3) is 22.2 Å². The Morgan fingerprint density at radius 3 is 2.65 bits per heavy atom. The molecule has 0 atom stereocenters. The molecule has 0 spiro atoms. The van der Waals surface area contributed by atoms with Crippen molar-refractivity contribution in [1.29, 1.82) is 0 Å². The summed E-state index contributed by atoms with van der Waals surface area (Å²) in [4.78, 5) is 16.9. The number of rotatable bonds is 3. The molecule has 23 heavy (non-hydrogen) atoms. The summed E-state index contributed by atoms with van der Waals surface area (Å²) in [6.45, 7) is 0.715. The van der Waals surface area contributed by atoms with E-state index in [-0.39, 0.29) is 5.69 Å². The highest BCUT2D eigenvalue weighted by atomic mass is 35.5. The smallest absolute Gasteiger partial charge is 0.292 e. The number of aromatic nitrogens is 2. The minimum Gasteiger partial charge on any atom is -0.292 e. The second kappa shape index (κ2) is 5.66. The fraction of sp³-hybridized carbons (Fsp3) is 0.222. The van der Waals surface area contributed by atoms with Crippen LogP contribution in [0.4, 0.5) is 0 Å². The zero-order valence-corrected chi connectivity index (χ0v) is 13.8. The molecular weight excluding hydrogens is 331 g/mol. The molecule has 0 radical (unpaired) electrons. The van der Waals surface area contributed by atoms with Crippen LogP contribution >= 0.6 is 23.2 Å². The van der Waals surface area contributed by atoms with E-state index in [0.717, 1.165) is 16.5 Å². The van der Waals surface area contributed by atoms with Gasteiger partial charge in [0, 0.05) is 27.5 Å². The van der Waals surface area contributed by atoms with E-state index in [1.165, 1.54) is 12.8 Å². The molecule has 2 aromatic carbocycles. The van der Waals surface area contributed by atoms with Gasteiger partial charge in [-0.25, -0.2) is 4.79 Å². The molecule has 0 bridgehead atoms. The molecule has 1 fully saturated rings. The van der Waals surface area contributed by atoms with Crippen LogP contribution in [0.15, 0.2) is 47.3 Å². The van der Waals surface area contributed by atoms with Gasteiger partial charge in [-0.2, -0.15) is 4.98 Å². The number of benzene rings is 2. The zero-order chi connectivity index (χ0) is 16.0. The molecule has 0 saturated heterocycles. The maximum absolute atomic E-state index is 12.6. The second-order valence-electron chi connectivity index (χ2n) is 5.94. The van der Waals surface area contributed by atoms with Crippen LogP contribution in [-0.2, 0) is 6.54 Å². The summed E-state index contributed by atoms with van der Waals surface area (Å²) < 4.78 is 1.75. The fourth-order valence-corrected chi connectivity index (χ4v) is 3.24. The number of nitrogens with zero attached hydrogens (tertiary/aromatic N) is 2. The van der Waals surface area contributed by atoms with Gasteiger partial charge in [0.1, 0.15) is 0 Å². The van der Waals surface area contributed by atoms with Crippen molar-refractivity contribution in [3.05, 3.63) is 63.0 Å². The van der Waals surface area contributed by atoms with Gasteiger partial charge in [0.25, 0.3) is 0 Å². The SMILES string of the molecule is O=c1nc(-c2ccccc2Cl)c2cc(Cl)ccc2n1CC1CC1. The summed E-state index contributed by atoms with van der Waals surface area (Å²) in [5, 5.41) is 2.04. The highest BCUT2D eigenvalue weighted by Gasteiger charge is 2.24. The van der Waals surface area contributed by atoms with Gasteiger partial charge in [0.15, 0.2) is 0 Å². The predicted octanol–water partition coefficient (Wildman–Crippen LogP) is 4.78. The van der Waals surface area contributed by atoms with E-state index in [0.29, 0.717) is 28.2 Å². The minimum atomic E-state index is -0.235. The van der Waals surface area contributed by atoms with Crippen LogP contribution in [0.1, 0.15) is 12.8 Å². The Balaban J connectivity index is 2.03. The first-order chi connectivity index (χ1) is 11.1. The Bertz CT molecular complexity index is 961. The van der Waals surface area contributed by atoms with Crippen molar-refractivity contribution >= 4 is 34.1 Å². The van der Waals surface area contributed by atoms with Gasteiger partial charge >= 0.3 is 5.69 Å². The molecule has 0 amide bonds. The quantitative estimate of drug-likeness (QED) is 0.685. The van der Waals surface area contributed by atoms with Crippen LogP contribution in [0.2, 0.25) is 10.0 Å². The zero-order valence-electron chi connectivity index (χ0n) is 12.3. The van der Waals surface area contributed by atoms with E-state index in [4.69, 9.17) is 23.2 Å². The highest BCUT2D eigenvalue weighted by molar-refractivity contribution is 6.34. The lowest BCUT2D eigenvalue weighted by molar-refractivity contribution is 0.614. The third kappa shape index (κ3) is 2.75. The summed E-state index contributed by atoms with van der Waals surface area (Å²) in [5.41, 5.74) is 1.96. The Labute approximate surface area is 143 Å². The second-order valence-corrected chi connectivity index (χ2v) is 6.78. The van der Waals surface area contributed by atoms with Crippen LogP contribution in [0, 0.1) is 5.92 Å². The first-order valence-electron chi connectivity index (χ1n) is 7.58. The monoisotopic (exact) mass is 344 g/mol. The van der Waals surface area contributed by atoms with E-state index >= 15 is 0 Å². The van der Waals surface area contributed by atoms with E-state index in [1.807, 2.05) is 36.4 Å². The van der Waals surface area contributed by atoms with Crippen molar-refractivity contribution in [1.82, 2.24) is 9.55 Å². The van der Waals surface area contributed by atoms with Crippen molar-refractivity contribution < 1.29 is 0 Å². The molecule has 1 heterocycles. The summed E-state index contributed by atoms with van der Waals surface area (Å²) >= 11 is 12.5. The van der Waals surface area contributed by atoms with Gasteiger partial charge in [0.05, 0.1) is 11.2 Å². The Kier molecular flexibility index (Phi) is 3.63. The van der Waals surface area contributed by atoms with Gasteiger partial charge in [0.2, 0.25) is 0 Å². The van der Waals surface area contributed by atoms with Gasteiger partial charge in [-0.05, 0) is 43.0 Å². The predicted molar refractivity (Wildman–Crippen MR) is 94.2 cm³/mol. The number of fused-ring (bicyclic) bond motifs is 1. The van der Waals surface area contributed by atoms with Gasteiger partial charge in [-0.15, -0.1) is 0 Å². The van der Waals surface area contributed by atoms with Crippen molar-refractivity contribution in [3.63, 3.8) is 0 Å². The molecule has 0 unspecified atom stereocenters. The standard InChI is InChI=1S/C18H14Cl2N2O/c19-12-7-8-16-14(9-12)17(13-3-1-2-4-15(13)20)21-18(23)22(16)10-11-5-6-11/h1-4,7-9,11H,5-6,10H2. The Morgan fingerprint density at radius 2 is 1.91 bits per heavy atom. The summed E-state index contributed by atoms with van der Waals surface area (Å²) in [6.07, 6.45) is 2.35. The lowest BCUT2D eigenvalue weighted by Gasteiger charge is -2.13. The largest absolute Gasteiger partial charge is 0.348 e. The van der Waals surface area contributed by atoms with E-state index in [9.17, 15) is 4.79 Å². The van der Waals surface area contributed by atoms with E-state index in [2.05, 4.69) is 4.98 Å². The molecule has 0 aliphatic heterocycles. The average molecular weight is 345 g/mol. The highest BCUT2D eigenvalue weighted by Crippen LogP contribution is 2.34. The van der Waals surface area contributed by atoms with E-state index < -0.39 is 0 Å². The molecule has 5 heteroatoms. The number of hydrogen-bond donors (Lipinski definition) is 0. The van der Waals surface area contributed by atoms with Crippen molar-refractivity contribution in [2.75, 3.05) is 0 Å². The average Bonchev–Trinajstić information content (AvgIpc) is 3.35. The van der Waals surface area contributed by atoms with Crippen LogP contribution in [0.3, 0.4) is 0 Å². The normalized spacial score (nSPS) is 14.3. The van der Waals surface area contributed by atoms with Crippen LogP contribution in [0.5, 0.6) is 0 Å². The molecule has 1 aliphatic carbocycles.